The number of hydrogen-bond donors (Lipinski definition) is 1. The number of nitrogens with one attached hydrogen (secondary N) is 1. The first-order chi connectivity index (χ1) is 7.40. The van der Waals surface area contributed by atoms with Crippen molar-refractivity contribution in [1.82, 2.24) is 5.32 Å². The molecule has 4 heteroatoms. The highest BCUT2D eigenvalue weighted by Gasteiger charge is 2.26. The second-order valence-corrected chi connectivity index (χ2v) is 3.90. The highest BCUT2D eigenvalue weighted by atomic mass is 19.4. The maximum absolute atomic E-state index is 11.9. The molecule has 0 unspecified atom stereocenters. The molecule has 1 N–H and O–H groups in total. The Kier molecular flexibility index (Phi) is 4.35. The second kappa shape index (κ2) is 5.34. The molecular formula is C12H16F3N. The maximum atomic E-state index is 11.9. The van der Waals surface area contributed by atoms with Crippen LogP contribution in [-0.2, 0) is 0 Å². The molecule has 1 aromatic carbocycles. The highest BCUT2D eigenvalue weighted by Crippen LogP contribution is 2.20. The lowest BCUT2D eigenvalue weighted by Gasteiger charge is -2.17. The normalized spacial score (nSPS) is 13.8. The Balaban J connectivity index is 2.47. The summed E-state index contributed by atoms with van der Waals surface area (Å²) in [5, 5.41) is 2.88. The Labute approximate surface area is 93.7 Å². The first-order valence-corrected chi connectivity index (χ1v) is 5.26. The van der Waals surface area contributed by atoms with E-state index in [1.54, 1.807) is 0 Å². The van der Waals surface area contributed by atoms with Crippen LogP contribution in [-0.4, -0.2) is 12.7 Å². The Morgan fingerprint density at radius 2 is 1.88 bits per heavy atom. The molecule has 0 aliphatic heterocycles. The molecule has 0 fully saturated rings. The van der Waals surface area contributed by atoms with Crippen LogP contribution in [0.5, 0.6) is 0 Å². The van der Waals surface area contributed by atoms with Crippen LogP contribution in [0.25, 0.3) is 0 Å². The Bertz CT molecular complexity index is 333. The van der Waals surface area contributed by atoms with Crippen molar-refractivity contribution in [2.45, 2.75) is 32.5 Å². The molecule has 1 aromatic rings. The average Bonchev–Trinajstić information content (AvgIpc) is 2.16. The molecule has 1 atom stereocenters. The minimum atomic E-state index is -4.08. The summed E-state index contributed by atoms with van der Waals surface area (Å²) >= 11 is 0. The Morgan fingerprint density at radius 3 is 2.44 bits per heavy atom. The van der Waals surface area contributed by atoms with Gasteiger partial charge in [-0.2, -0.15) is 13.2 Å². The van der Waals surface area contributed by atoms with Gasteiger partial charge in [-0.1, -0.05) is 24.3 Å². The predicted octanol–water partition coefficient (Wildman–Crippen LogP) is 3.60. The molecule has 0 radical (unpaired) electrons. The number of benzene rings is 1. The first-order valence-electron chi connectivity index (χ1n) is 5.26. The molecule has 0 aliphatic carbocycles. The number of aryl methyl sites for hydroxylation is 1. The number of hydrogen-bond acceptors (Lipinski definition) is 1. The van der Waals surface area contributed by atoms with Gasteiger partial charge in [0, 0.05) is 12.6 Å². The van der Waals surface area contributed by atoms with E-state index in [-0.39, 0.29) is 12.6 Å². The van der Waals surface area contributed by atoms with Crippen molar-refractivity contribution >= 4 is 0 Å². The predicted molar refractivity (Wildman–Crippen MR) is 58.3 cm³/mol. The summed E-state index contributed by atoms with van der Waals surface area (Å²) in [4.78, 5) is 0. The number of rotatable bonds is 4. The molecule has 1 nitrogen and oxygen atoms in total. The van der Waals surface area contributed by atoms with Gasteiger partial charge in [-0.15, -0.1) is 0 Å². The van der Waals surface area contributed by atoms with Crippen LogP contribution < -0.4 is 5.32 Å². The minimum absolute atomic E-state index is 0.0427. The smallest absolute Gasteiger partial charge is 0.310 e. The van der Waals surface area contributed by atoms with Crippen molar-refractivity contribution in [2.75, 3.05) is 6.54 Å². The summed E-state index contributed by atoms with van der Waals surface area (Å²) in [5.74, 6) is 0. The molecule has 0 saturated carbocycles. The van der Waals surface area contributed by atoms with Gasteiger partial charge in [0.15, 0.2) is 0 Å². The summed E-state index contributed by atoms with van der Waals surface area (Å²) < 4.78 is 35.8. The number of halogens is 3. The SMILES string of the molecule is Cc1ccccc1[C@H](C)NCCC(F)(F)F. The number of alkyl halides is 3. The topological polar surface area (TPSA) is 12.0 Å². The third-order valence-electron chi connectivity index (χ3n) is 2.51. The lowest BCUT2D eigenvalue weighted by molar-refractivity contribution is -0.133. The fourth-order valence-corrected chi connectivity index (χ4v) is 1.61. The zero-order chi connectivity index (χ0) is 12.2. The van der Waals surface area contributed by atoms with E-state index >= 15 is 0 Å². The van der Waals surface area contributed by atoms with Gasteiger partial charge in [-0.3, -0.25) is 0 Å². The lowest BCUT2D eigenvalue weighted by atomic mass is 10.0. The standard InChI is InChI=1S/C12H16F3N/c1-9-5-3-4-6-11(9)10(2)16-8-7-12(13,14)15/h3-6,10,16H,7-8H2,1-2H3/t10-/m0/s1. The van der Waals surface area contributed by atoms with E-state index < -0.39 is 12.6 Å². The first kappa shape index (κ1) is 13.0. The zero-order valence-electron chi connectivity index (χ0n) is 9.43. The molecule has 0 aromatic heterocycles. The van der Waals surface area contributed by atoms with Crippen LogP contribution in [0, 0.1) is 6.92 Å². The van der Waals surface area contributed by atoms with Crippen molar-refractivity contribution in [1.29, 1.82) is 0 Å². The molecule has 0 spiro atoms. The molecule has 0 saturated heterocycles. The van der Waals surface area contributed by atoms with Crippen LogP contribution in [0.2, 0.25) is 0 Å². The zero-order valence-corrected chi connectivity index (χ0v) is 9.43. The Hall–Kier alpha value is -1.03. The van der Waals surface area contributed by atoms with Crippen LogP contribution >= 0.6 is 0 Å². The van der Waals surface area contributed by atoms with E-state index in [0.717, 1.165) is 11.1 Å². The van der Waals surface area contributed by atoms with Crippen LogP contribution in [0.4, 0.5) is 13.2 Å². The molecule has 16 heavy (non-hydrogen) atoms. The van der Waals surface area contributed by atoms with E-state index in [9.17, 15) is 13.2 Å². The van der Waals surface area contributed by atoms with Crippen LogP contribution in [0.15, 0.2) is 24.3 Å². The summed E-state index contributed by atoms with van der Waals surface area (Å²) in [6.07, 6.45) is -4.87. The van der Waals surface area contributed by atoms with Gasteiger partial charge in [-0.25, -0.2) is 0 Å². The fraction of sp³-hybridized carbons (Fsp3) is 0.500. The van der Waals surface area contributed by atoms with Crippen molar-refractivity contribution in [3.05, 3.63) is 35.4 Å². The van der Waals surface area contributed by atoms with Crippen LogP contribution in [0.3, 0.4) is 0 Å². The monoisotopic (exact) mass is 231 g/mol. The summed E-state index contributed by atoms with van der Waals surface area (Å²) in [5.41, 5.74) is 2.14. The molecule has 0 aliphatic rings. The largest absolute Gasteiger partial charge is 0.390 e. The van der Waals surface area contributed by atoms with E-state index in [2.05, 4.69) is 5.32 Å². The second-order valence-electron chi connectivity index (χ2n) is 3.90. The van der Waals surface area contributed by atoms with E-state index in [1.807, 2.05) is 38.1 Å². The molecule has 0 heterocycles. The minimum Gasteiger partial charge on any atom is -0.310 e. The maximum Gasteiger partial charge on any atom is 0.390 e. The van der Waals surface area contributed by atoms with Crippen molar-refractivity contribution in [3.63, 3.8) is 0 Å². The third kappa shape index (κ3) is 4.23. The van der Waals surface area contributed by atoms with Gasteiger partial charge in [0.1, 0.15) is 0 Å². The van der Waals surface area contributed by atoms with Gasteiger partial charge in [0.25, 0.3) is 0 Å². The van der Waals surface area contributed by atoms with Gasteiger partial charge < -0.3 is 5.32 Å². The van der Waals surface area contributed by atoms with Crippen LogP contribution in [0.1, 0.15) is 30.5 Å². The summed E-state index contributed by atoms with van der Waals surface area (Å²) in [7, 11) is 0. The van der Waals surface area contributed by atoms with E-state index in [0.29, 0.717) is 0 Å². The van der Waals surface area contributed by atoms with E-state index in [1.165, 1.54) is 0 Å². The quantitative estimate of drug-likeness (QED) is 0.834. The van der Waals surface area contributed by atoms with Gasteiger partial charge >= 0.3 is 6.18 Å². The van der Waals surface area contributed by atoms with Gasteiger partial charge in [0.05, 0.1) is 6.42 Å². The molecule has 1 rings (SSSR count). The summed E-state index contributed by atoms with van der Waals surface area (Å²) in [6.45, 7) is 3.79. The highest BCUT2D eigenvalue weighted by molar-refractivity contribution is 5.28. The van der Waals surface area contributed by atoms with Crippen molar-refractivity contribution in [2.24, 2.45) is 0 Å². The van der Waals surface area contributed by atoms with Gasteiger partial charge in [0.2, 0.25) is 0 Å². The van der Waals surface area contributed by atoms with E-state index in [4.69, 9.17) is 0 Å². The fourth-order valence-electron chi connectivity index (χ4n) is 1.61. The molecule has 0 amide bonds. The van der Waals surface area contributed by atoms with Gasteiger partial charge in [-0.05, 0) is 25.0 Å². The third-order valence-corrected chi connectivity index (χ3v) is 2.51. The molecular weight excluding hydrogens is 215 g/mol. The molecule has 0 bridgehead atoms. The summed E-state index contributed by atoms with van der Waals surface area (Å²) in [6, 6.07) is 7.65. The molecule has 90 valence electrons. The van der Waals surface area contributed by atoms with Crippen molar-refractivity contribution < 1.29 is 13.2 Å². The lowest BCUT2D eigenvalue weighted by Crippen LogP contribution is -2.24. The average molecular weight is 231 g/mol. The van der Waals surface area contributed by atoms with Crippen molar-refractivity contribution in [3.8, 4) is 0 Å². The Morgan fingerprint density at radius 1 is 1.25 bits per heavy atom.